The van der Waals surface area contributed by atoms with Gasteiger partial charge in [-0.25, -0.2) is 0 Å². The van der Waals surface area contributed by atoms with Crippen LogP contribution in [0, 0.1) is 13.8 Å². The Kier molecular flexibility index (Phi) is 4.14. The lowest BCUT2D eigenvalue weighted by Crippen LogP contribution is -2.29. The van der Waals surface area contributed by atoms with Gasteiger partial charge in [0.05, 0.1) is 10.9 Å². The standard InChI is InChI=1S/C16H20N2OS/c1-10-8-15(20-12(10)3)16(19)18(4)11(2)13-6-5-7-14(17)9-13/h5-9,11H,17H2,1-4H3. The number of hydrogen-bond donors (Lipinski definition) is 1. The number of thiophene rings is 1. The van der Waals surface area contributed by atoms with E-state index in [9.17, 15) is 4.79 Å². The topological polar surface area (TPSA) is 46.3 Å². The smallest absolute Gasteiger partial charge is 0.264 e. The molecule has 2 rings (SSSR count). The van der Waals surface area contributed by atoms with Gasteiger partial charge in [-0.15, -0.1) is 11.3 Å². The van der Waals surface area contributed by atoms with Crippen LogP contribution in [0.1, 0.15) is 38.6 Å². The fourth-order valence-electron chi connectivity index (χ4n) is 2.07. The molecule has 2 aromatic rings. The van der Waals surface area contributed by atoms with E-state index in [1.807, 2.05) is 58.2 Å². The number of anilines is 1. The molecular weight excluding hydrogens is 268 g/mol. The van der Waals surface area contributed by atoms with Crippen molar-refractivity contribution in [2.45, 2.75) is 26.8 Å². The van der Waals surface area contributed by atoms with Crippen LogP contribution >= 0.6 is 11.3 Å². The number of benzene rings is 1. The fourth-order valence-corrected chi connectivity index (χ4v) is 3.09. The Morgan fingerprint density at radius 3 is 2.55 bits per heavy atom. The summed E-state index contributed by atoms with van der Waals surface area (Å²) in [5, 5.41) is 0. The summed E-state index contributed by atoms with van der Waals surface area (Å²) in [5.41, 5.74) is 8.74. The van der Waals surface area contributed by atoms with Crippen molar-refractivity contribution in [2.24, 2.45) is 0 Å². The van der Waals surface area contributed by atoms with Crippen molar-refractivity contribution >= 4 is 22.9 Å². The first kappa shape index (κ1) is 14.6. The molecule has 4 heteroatoms. The lowest BCUT2D eigenvalue weighted by molar-refractivity contribution is 0.0747. The van der Waals surface area contributed by atoms with Gasteiger partial charge < -0.3 is 10.6 Å². The third-order valence-corrected chi connectivity index (χ3v) is 4.81. The van der Waals surface area contributed by atoms with Crippen molar-refractivity contribution < 1.29 is 4.79 Å². The van der Waals surface area contributed by atoms with Crippen molar-refractivity contribution in [2.75, 3.05) is 12.8 Å². The van der Waals surface area contributed by atoms with Crippen LogP contribution in [0.3, 0.4) is 0 Å². The molecule has 0 aliphatic carbocycles. The van der Waals surface area contributed by atoms with Gasteiger partial charge in [-0.2, -0.15) is 0 Å². The highest BCUT2D eigenvalue weighted by atomic mass is 32.1. The van der Waals surface area contributed by atoms with E-state index in [-0.39, 0.29) is 11.9 Å². The van der Waals surface area contributed by atoms with E-state index < -0.39 is 0 Å². The molecule has 20 heavy (non-hydrogen) atoms. The highest BCUT2D eigenvalue weighted by Crippen LogP contribution is 2.26. The number of nitrogen functional groups attached to an aromatic ring is 1. The summed E-state index contributed by atoms with van der Waals surface area (Å²) in [6.07, 6.45) is 0. The number of rotatable bonds is 3. The zero-order valence-electron chi connectivity index (χ0n) is 12.3. The van der Waals surface area contributed by atoms with Gasteiger partial charge in [0.1, 0.15) is 0 Å². The predicted octanol–water partition coefficient (Wildman–Crippen LogP) is 3.78. The Hall–Kier alpha value is -1.81. The summed E-state index contributed by atoms with van der Waals surface area (Å²) in [4.78, 5) is 16.3. The maximum atomic E-state index is 12.5. The van der Waals surface area contributed by atoms with Gasteiger partial charge in [-0.1, -0.05) is 12.1 Å². The third kappa shape index (κ3) is 2.85. The second-order valence-electron chi connectivity index (χ2n) is 5.11. The van der Waals surface area contributed by atoms with Gasteiger partial charge in [-0.3, -0.25) is 4.79 Å². The summed E-state index contributed by atoms with van der Waals surface area (Å²) >= 11 is 1.55. The first-order valence-corrected chi connectivity index (χ1v) is 7.41. The van der Waals surface area contributed by atoms with Crippen LogP contribution in [0.5, 0.6) is 0 Å². The molecule has 1 unspecified atom stereocenters. The summed E-state index contributed by atoms with van der Waals surface area (Å²) in [5.74, 6) is 0.0566. The van der Waals surface area contributed by atoms with Crippen molar-refractivity contribution in [3.8, 4) is 0 Å². The molecule has 1 atom stereocenters. The molecule has 0 fully saturated rings. The molecule has 1 heterocycles. The van der Waals surface area contributed by atoms with Crippen LogP contribution in [0.2, 0.25) is 0 Å². The fraction of sp³-hybridized carbons (Fsp3) is 0.312. The van der Waals surface area contributed by atoms with Crippen LogP contribution in [0.25, 0.3) is 0 Å². The second kappa shape index (κ2) is 5.67. The molecular formula is C16H20N2OS. The number of nitrogens with zero attached hydrogens (tertiary/aromatic N) is 1. The molecule has 0 saturated carbocycles. The van der Waals surface area contributed by atoms with Gasteiger partial charge in [0.15, 0.2) is 0 Å². The Labute approximate surface area is 124 Å². The predicted molar refractivity (Wildman–Crippen MR) is 85.2 cm³/mol. The number of hydrogen-bond acceptors (Lipinski definition) is 3. The Bertz CT molecular complexity index is 614. The normalized spacial score (nSPS) is 12.2. The van der Waals surface area contributed by atoms with Gasteiger partial charge in [0.25, 0.3) is 5.91 Å². The molecule has 0 radical (unpaired) electrons. The number of amides is 1. The largest absolute Gasteiger partial charge is 0.399 e. The number of carbonyl (C=O) groups is 1. The van der Waals surface area contributed by atoms with Crippen LogP contribution in [-0.2, 0) is 0 Å². The van der Waals surface area contributed by atoms with Crippen LogP contribution < -0.4 is 5.73 Å². The van der Waals surface area contributed by atoms with Gasteiger partial charge in [0.2, 0.25) is 0 Å². The second-order valence-corrected chi connectivity index (χ2v) is 6.37. The molecule has 0 spiro atoms. The van der Waals surface area contributed by atoms with E-state index in [1.54, 1.807) is 16.2 Å². The highest BCUT2D eigenvalue weighted by molar-refractivity contribution is 7.14. The Balaban J connectivity index is 2.22. The quantitative estimate of drug-likeness (QED) is 0.874. The van der Waals surface area contributed by atoms with Crippen molar-refractivity contribution in [3.63, 3.8) is 0 Å². The lowest BCUT2D eigenvalue weighted by Gasteiger charge is -2.25. The maximum absolute atomic E-state index is 12.5. The van der Waals surface area contributed by atoms with E-state index in [0.29, 0.717) is 0 Å². The van der Waals surface area contributed by atoms with Crippen LogP contribution in [-0.4, -0.2) is 17.9 Å². The summed E-state index contributed by atoms with van der Waals surface area (Å²) < 4.78 is 0. The molecule has 1 aromatic heterocycles. The average Bonchev–Trinajstić information content (AvgIpc) is 2.76. The third-order valence-electron chi connectivity index (χ3n) is 3.67. The number of carbonyl (C=O) groups excluding carboxylic acids is 1. The molecule has 0 saturated heterocycles. The molecule has 1 aromatic carbocycles. The molecule has 3 nitrogen and oxygen atoms in total. The van der Waals surface area contributed by atoms with E-state index in [1.165, 1.54) is 10.4 Å². The van der Waals surface area contributed by atoms with Gasteiger partial charge in [-0.05, 0) is 50.1 Å². The van der Waals surface area contributed by atoms with Gasteiger partial charge >= 0.3 is 0 Å². The molecule has 0 aliphatic heterocycles. The average molecular weight is 288 g/mol. The Morgan fingerprint density at radius 1 is 1.30 bits per heavy atom. The van der Waals surface area contributed by atoms with Crippen LogP contribution in [0.4, 0.5) is 5.69 Å². The van der Waals surface area contributed by atoms with E-state index in [4.69, 9.17) is 5.73 Å². The Morgan fingerprint density at radius 2 is 2.00 bits per heavy atom. The molecule has 106 valence electrons. The SMILES string of the molecule is Cc1cc(C(=O)N(C)C(C)c2cccc(N)c2)sc1C. The van der Waals surface area contributed by atoms with Crippen LogP contribution in [0.15, 0.2) is 30.3 Å². The highest BCUT2D eigenvalue weighted by Gasteiger charge is 2.20. The van der Waals surface area contributed by atoms with Gasteiger partial charge in [0, 0.05) is 17.6 Å². The zero-order valence-corrected chi connectivity index (χ0v) is 13.1. The minimum atomic E-state index is -0.00582. The zero-order chi connectivity index (χ0) is 14.9. The molecule has 0 aliphatic rings. The number of aryl methyl sites for hydroxylation is 2. The monoisotopic (exact) mass is 288 g/mol. The summed E-state index contributed by atoms with van der Waals surface area (Å²) in [6, 6.07) is 9.64. The van der Waals surface area contributed by atoms with Crippen molar-refractivity contribution in [3.05, 3.63) is 51.2 Å². The molecule has 0 bridgehead atoms. The minimum absolute atomic E-state index is 0.00582. The summed E-state index contributed by atoms with van der Waals surface area (Å²) in [6.45, 7) is 6.09. The van der Waals surface area contributed by atoms with E-state index >= 15 is 0 Å². The van der Waals surface area contributed by atoms with Crippen molar-refractivity contribution in [1.29, 1.82) is 0 Å². The molecule has 1 amide bonds. The lowest BCUT2D eigenvalue weighted by atomic mass is 10.1. The van der Waals surface area contributed by atoms with Crippen molar-refractivity contribution in [1.82, 2.24) is 4.90 Å². The number of nitrogens with two attached hydrogens (primary N) is 1. The van der Waals surface area contributed by atoms with E-state index in [2.05, 4.69) is 0 Å². The first-order chi connectivity index (χ1) is 9.40. The maximum Gasteiger partial charge on any atom is 0.264 e. The summed E-state index contributed by atoms with van der Waals surface area (Å²) in [7, 11) is 1.83. The van der Waals surface area contributed by atoms with E-state index in [0.717, 1.165) is 16.1 Å². The first-order valence-electron chi connectivity index (χ1n) is 6.59. The molecule has 2 N–H and O–H groups in total. The minimum Gasteiger partial charge on any atom is -0.399 e.